The first-order valence-electron chi connectivity index (χ1n) is 35.2. The summed E-state index contributed by atoms with van der Waals surface area (Å²) in [5.41, 5.74) is 6.09. The molecule has 4 atom stereocenters. The Morgan fingerprint density at radius 2 is 1.12 bits per heavy atom. The molecule has 8 N–H and O–H groups in total. The second-order valence-electron chi connectivity index (χ2n) is 28.4. The van der Waals surface area contributed by atoms with Crippen molar-refractivity contribution in [3.63, 3.8) is 0 Å². The van der Waals surface area contributed by atoms with Gasteiger partial charge in [0, 0.05) is 70.9 Å². The normalized spacial score (nSPS) is 18.4. The number of rotatable bonds is 24. The molecule has 33 heteroatoms. The van der Waals surface area contributed by atoms with Crippen LogP contribution in [0.1, 0.15) is 104 Å². The van der Waals surface area contributed by atoms with Crippen LogP contribution in [-0.2, 0) is 61.8 Å². The first-order chi connectivity index (χ1) is 52.3. The molecule has 12 rings (SSSR count). The van der Waals surface area contributed by atoms with Crippen molar-refractivity contribution in [3.05, 3.63) is 207 Å². The number of ketones is 2. The Hall–Kier alpha value is -11.0. The van der Waals surface area contributed by atoms with Gasteiger partial charge >= 0.3 is 22.5 Å². The minimum Gasteiger partial charge on any atom is -0.385 e. The number of allylic oxidation sites excluding steroid dienone is 4. The number of thioether (sulfide) groups is 1. The average Bonchev–Trinajstić information content (AvgIpc) is 1.59. The Bertz CT molecular complexity index is 5360. The summed E-state index contributed by atoms with van der Waals surface area (Å²) in [5, 5.41) is 15.8. The van der Waals surface area contributed by atoms with Gasteiger partial charge in [-0.05, 0) is 195 Å². The number of carbonyl (C=O) groups excluding carboxylic acids is 6. The van der Waals surface area contributed by atoms with E-state index in [0.717, 1.165) is 64.3 Å². The van der Waals surface area contributed by atoms with Crippen LogP contribution in [0.25, 0.3) is 5.69 Å². The molecule has 7 aromatic rings. The third kappa shape index (κ3) is 18.4. The zero-order valence-electron chi connectivity index (χ0n) is 63.7. The van der Waals surface area contributed by atoms with Crippen LogP contribution < -0.4 is 58.3 Å². The third-order valence-electron chi connectivity index (χ3n) is 19.1. The Morgan fingerprint density at radius 1 is 0.640 bits per heavy atom. The van der Waals surface area contributed by atoms with E-state index in [1.165, 1.54) is 60.3 Å². The lowest BCUT2D eigenvalue weighted by molar-refractivity contribution is -0.128. The predicted octanol–water partition coefficient (Wildman–Crippen LogP) is 11.2. The van der Waals surface area contributed by atoms with Crippen molar-refractivity contribution < 1.29 is 62.4 Å². The van der Waals surface area contributed by atoms with Crippen molar-refractivity contribution >= 4 is 146 Å². The molecule has 0 bridgehead atoms. The van der Waals surface area contributed by atoms with Crippen LogP contribution in [0.2, 0.25) is 0 Å². The summed E-state index contributed by atoms with van der Waals surface area (Å²) in [7, 11) is -3.74. The van der Waals surface area contributed by atoms with E-state index in [1.54, 1.807) is 42.8 Å². The van der Waals surface area contributed by atoms with E-state index < -0.39 is 82.7 Å². The Balaban J connectivity index is 0.000000221. The maximum Gasteiger partial charge on any atom is 0.316 e. The van der Waals surface area contributed by atoms with Crippen LogP contribution in [0.15, 0.2) is 188 Å². The fourth-order valence-corrected chi connectivity index (χ4v) is 16.5. The molecule has 0 spiro atoms. The van der Waals surface area contributed by atoms with Crippen LogP contribution in [0, 0.1) is 44.4 Å². The van der Waals surface area contributed by atoms with Gasteiger partial charge in [-0.1, -0.05) is 56.2 Å². The highest BCUT2D eigenvalue weighted by Gasteiger charge is 2.52. The Kier molecular flexibility index (Phi) is 23.7. The minimum atomic E-state index is -3.81. The fourth-order valence-electron chi connectivity index (χ4n) is 13.6. The van der Waals surface area contributed by atoms with E-state index in [2.05, 4.69) is 58.9 Å². The number of nitrogens with zero attached hydrogens (tertiary/aromatic N) is 6. The van der Waals surface area contributed by atoms with E-state index >= 15 is 0 Å². The number of sulfonamides is 2. The number of hydrogen-bond donors (Lipinski definition) is 8. The molecular weight excluding hydrogens is 1520 g/mol. The van der Waals surface area contributed by atoms with Crippen molar-refractivity contribution in [1.29, 1.82) is 0 Å². The first kappa shape index (κ1) is 81.0. The molecule has 4 unspecified atom stereocenters. The molecule has 2 aliphatic carbocycles. The molecule has 6 aromatic carbocycles. The lowest BCUT2D eigenvalue weighted by Crippen LogP contribution is -2.37. The molecule has 5 aliphatic rings. The van der Waals surface area contributed by atoms with E-state index in [4.69, 9.17) is 23.4 Å². The van der Waals surface area contributed by atoms with Gasteiger partial charge < -0.3 is 39.4 Å². The molecule has 111 heavy (non-hydrogen) atoms. The lowest BCUT2D eigenvalue weighted by Gasteiger charge is -2.28. The summed E-state index contributed by atoms with van der Waals surface area (Å²) in [6, 6.07) is 35.8. The van der Waals surface area contributed by atoms with E-state index in [0.29, 0.717) is 64.8 Å². The zero-order valence-corrected chi connectivity index (χ0v) is 67.8. The quantitative estimate of drug-likeness (QED) is 0.0206. The van der Waals surface area contributed by atoms with E-state index in [9.17, 15) is 54.0 Å². The third-order valence-corrected chi connectivity index (χ3v) is 22.5. The smallest absolute Gasteiger partial charge is 0.316 e. The van der Waals surface area contributed by atoms with Gasteiger partial charge in [-0.15, -0.1) is 11.8 Å². The number of benzene rings is 6. The van der Waals surface area contributed by atoms with Gasteiger partial charge in [-0.3, -0.25) is 47.7 Å². The number of anilines is 6. The number of hydrogen-bond acceptors (Lipinski definition) is 20. The highest BCUT2D eigenvalue weighted by Crippen LogP contribution is 2.46. The first-order valence-corrected chi connectivity index (χ1v) is 42.4. The van der Waals surface area contributed by atoms with Gasteiger partial charge in [0.25, 0.3) is 11.8 Å². The zero-order chi connectivity index (χ0) is 80.5. The molecule has 0 radical (unpaired) electrons. The van der Waals surface area contributed by atoms with Crippen LogP contribution >= 0.6 is 11.8 Å². The molecule has 28 nitrogen and oxygen atoms in total. The van der Waals surface area contributed by atoms with Gasteiger partial charge in [-0.25, -0.2) is 31.5 Å². The number of aryl methyl sites for hydroxylation is 4. The van der Waals surface area contributed by atoms with Crippen LogP contribution in [0.3, 0.4) is 0 Å². The largest absolute Gasteiger partial charge is 0.385 e. The summed E-state index contributed by atoms with van der Waals surface area (Å²) < 4.78 is 97.1. The van der Waals surface area contributed by atoms with Crippen LogP contribution in [0.5, 0.6) is 11.5 Å². The number of amides is 4. The van der Waals surface area contributed by atoms with Crippen molar-refractivity contribution in [3.8, 4) is 17.2 Å². The van der Waals surface area contributed by atoms with Gasteiger partial charge in [0.15, 0.2) is 0 Å². The number of nitrogens with one attached hydrogen (secondary N) is 8. The number of aliphatic imine (C=N–C) groups is 2. The number of carbonyl (C=O) groups is 6. The molecule has 4 heterocycles. The Labute approximate surface area is 654 Å². The molecule has 1 aromatic heterocycles. The predicted molar refractivity (Wildman–Crippen MR) is 436 cm³/mol. The lowest BCUT2D eigenvalue weighted by atomic mass is 9.72. The van der Waals surface area contributed by atoms with Crippen LogP contribution in [-0.4, -0.2) is 127 Å². The van der Waals surface area contributed by atoms with Gasteiger partial charge in [0.1, 0.15) is 11.5 Å². The molecular formula is C78H86N14O14S5. The monoisotopic (exact) mass is 1600 g/mol. The summed E-state index contributed by atoms with van der Waals surface area (Å²) in [4.78, 5) is 98.3. The summed E-state index contributed by atoms with van der Waals surface area (Å²) in [6.45, 7) is 19.9. The fraction of sp³-hybridized carbons (Fsp3) is 0.295. The maximum atomic E-state index is 14.4. The molecule has 0 saturated carbocycles. The number of aromatic nitrogens is 2. The molecule has 3 aliphatic heterocycles. The second-order valence-corrected chi connectivity index (χ2v) is 34.4. The minimum absolute atomic E-state index is 0.000880. The standard InChI is InChI=1S/C42H44N6O7S3.C36H42N8O7S2/c1-8-42(9-2)37-38(45-41(42)51)34(43-33-19-14-30(48(5)6)23-36(33)56-7)24-35(39(37)49)44-40(50)27-20-28(46-57(52)54-31-15-10-25(3)11-16-31)22-29(21-27)47-58(53)55-32-17-12-26(4)13-18-32;1-19-11-21(3)43(18-19)26-9-10-27(30(16-26)44-22(4)12-20(2)40-44)37-28-17-29(33(45)31-32(28)39-35(47)36(31,5)6)38-34(46)23-13-24(41-52(7,48)49)15-25(14-23)42-53(8,50)51/h10-24,46-47H,8-9H2,1-7H3,(H,44,50)(H,45,51);9-10,12-17,19,21,41-42H,11,18H2,1-8H3,(H,38,46)(H,39,47). The summed E-state index contributed by atoms with van der Waals surface area (Å²) in [6.07, 6.45) is 8.32. The molecule has 1 fully saturated rings. The molecule has 1 saturated heterocycles. The average molecular weight is 1600 g/mol. The maximum absolute atomic E-state index is 14.4. The van der Waals surface area contributed by atoms with E-state index in [-0.39, 0.29) is 73.7 Å². The second kappa shape index (κ2) is 32.5. The topological polar surface area (TPSA) is 369 Å². The summed E-state index contributed by atoms with van der Waals surface area (Å²) in [5.74, 6) is -2.23. The molecule has 582 valence electrons. The summed E-state index contributed by atoms with van der Waals surface area (Å²) >= 11 is -2.72. The van der Waals surface area contributed by atoms with Crippen molar-refractivity contribution in [2.45, 2.75) is 99.4 Å². The highest BCUT2D eigenvalue weighted by molar-refractivity contribution is 7.98. The Morgan fingerprint density at radius 3 is 1.59 bits per heavy atom. The highest BCUT2D eigenvalue weighted by atomic mass is 32.2. The van der Waals surface area contributed by atoms with Gasteiger partial charge in [-0.2, -0.15) is 13.5 Å². The van der Waals surface area contributed by atoms with Gasteiger partial charge in [0.05, 0.1) is 103 Å². The molecule has 4 amide bonds. The van der Waals surface area contributed by atoms with Crippen LogP contribution in [0.4, 0.5) is 45.5 Å². The SMILES string of the molecule is CCC1(CC)C(=O)NC2=C1C(=O)C(NC(=O)c1cc(NS(=O)Oc3ccc(C)cc3)cc(NS(=O)Oc3ccc(C)cc3)c1)=CC2=Nc1ccc(N(C)C)cc1SC.Cc1cc(C)n(-c2cc(N3CC(C)CC3C)ccc2N=C2C=C(NC(=O)c3cc(NS(C)(=O)=O)cc(NS(C)(=O)=O)c3)C(=O)C3=C2NC(=O)C3(C)C)n1. The van der Waals surface area contributed by atoms with Gasteiger partial charge in [0.2, 0.25) is 43.4 Å². The number of Topliss-reactive ketones (excluding diaryl/α,β-unsaturated/α-hetero) is 2. The van der Waals surface area contributed by atoms with Crippen molar-refractivity contribution in [1.82, 2.24) is 31.0 Å². The van der Waals surface area contributed by atoms with Crippen molar-refractivity contribution in [2.24, 2.45) is 26.7 Å². The van der Waals surface area contributed by atoms with Crippen molar-refractivity contribution in [2.75, 3.05) is 68.1 Å². The van der Waals surface area contributed by atoms with E-state index in [1.807, 2.05) is 134 Å².